The van der Waals surface area contributed by atoms with Crippen LogP contribution in [0.5, 0.6) is 0 Å². The van der Waals surface area contributed by atoms with Crippen LogP contribution in [-0.2, 0) is 4.79 Å². The Balaban J connectivity index is 1.84. The second-order valence-electron chi connectivity index (χ2n) is 6.43. The molecule has 0 unspecified atom stereocenters. The van der Waals surface area contributed by atoms with Crippen LogP contribution in [-0.4, -0.2) is 36.9 Å². The van der Waals surface area contributed by atoms with Crippen LogP contribution in [0.2, 0.25) is 0 Å². The predicted molar refractivity (Wildman–Crippen MR) is 88.5 cm³/mol. The molecule has 1 N–H and O–H groups in total. The van der Waals surface area contributed by atoms with E-state index in [1.807, 2.05) is 29.2 Å². The van der Waals surface area contributed by atoms with Gasteiger partial charge in [-0.15, -0.1) is 0 Å². The van der Waals surface area contributed by atoms with E-state index in [0.717, 1.165) is 30.2 Å². The third kappa shape index (κ3) is 2.67. The van der Waals surface area contributed by atoms with Crippen molar-refractivity contribution in [3.8, 4) is 0 Å². The first-order chi connectivity index (χ1) is 10.6. The van der Waals surface area contributed by atoms with Gasteiger partial charge < -0.3 is 10.2 Å². The molecule has 1 aliphatic carbocycles. The molecule has 5 heteroatoms. The van der Waals surface area contributed by atoms with Gasteiger partial charge in [-0.05, 0) is 31.0 Å². The van der Waals surface area contributed by atoms with Crippen molar-refractivity contribution in [2.24, 2.45) is 11.3 Å². The summed E-state index contributed by atoms with van der Waals surface area (Å²) in [6, 6.07) is 7.46. The highest BCUT2D eigenvalue weighted by atomic mass is 79.9. The van der Waals surface area contributed by atoms with Gasteiger partial charge in [-0.1, -0.05) is 34.8 Å². The molecule has 1 saturated heterocycles. The maximum atomic E-state index is 12.8. The minimum absolute atomic E-state index is 0.0121. The summed E-state index contributed by atoms with van der Waals surface area (Å²) in [5.74, 6) is 0.0292. The van der Waals surface area contributed by atoms with Gasteiger partial charge >= 0.3 is 0 Å². The average Bonchev–Trinajstić information content (AvgIpc) is 3.14. The number of hydrogen-bond acceptors (Lipinski definition) is 2. The minimum atomic E-state index is -0.0731. The molecule has 22 heavy (non-hydrogen) atoms. The second-order valence-corrected chi connectivity index (χ2v) is 7.35. The van der Waals surface area contributed by atoms with E-state index in [9.17, 15) is 9.59 Å². The Morgan fingerprint density at radius 2 is 2.05 bits per heavy atom. The van der Waals surface area contributed by atoms with Crippen molar-refractivity contribution in [1.82, 2.24) is 10.2 Å². The molecule has 118 valence electrons. The summed E-state index contributed by atoms with van der Waals surface area (Å²) in [6.07, 6.45) is 4.42. The van der Waals surface area contributed by atoms with E-state index in [1.54, 1.807) is 7.05 Å². The number of carbonyl (C=O) groups excluding carboxylic acids is 2. The van der Waals surface area contributed by atoms with Crippen LogP contribution in [0, 0.1) is 11.3 Å². The van der Waals surface area contributed by atoms with Crippen LogP contribution in [0.3, 0.4) is 0 Å². The highest BCUT2D eigenvalue weighted by Gasteiger charge is 2.52. The van der Waals surface area contributed by atoms with E-state index in [2.05, 4.69) is 21.2 Å². The molecule has 3 rings (SSSR count). The van der Waals surface area contributed by atoms with Crippen molar-refractivity contribution in [2.45, 2.75) is 25.7 Å². The van der Waals surface area contributed by atoms with Gasteiger partial charge in [0.1, 0.15) is 0 Å². The fourth-order valence-corrected chi connectivity index (χ4v) is 4.45. The fraction of sp³-hybridized carbons (Fsp3) is 0.529. The highest BCUT2D eigenvalue weighted by molar-refractivity contribution is 9.10. The highest BCUT2D eigenvalue weighted by Crippen LogP contribution is 2.49. The maximum absolute atomic E-state index is 12.8. The Morgan fingerprint density at radius 3 is 2.68 bits per heavy atom. The SMILES string of the molecule is CNC(=O)[C@@H]1CN(C(=O)c2cccc(Br)c2)CC12CCCC2. The summed E-state index contributed by atoms with van der Waals surface area (Å²) in [7, 11) is 1.68. The van der Waals surface area contributed by atoms with Crippen molar-refractivity contribution in [3.05, 3.63) is 34.3 Å². The monoisotopic (exact) mass is 364 g/mol. The van der Waals surface area contributed by atoms with Crippen LogP contribution in [0.15, 0.2) is 28.7 Å². The predicted octanol–water partition coefficient (Wildman–Crippen LogP) is 2.83. The van der Waals surface area contributed by atoms with Crippen LogP contribution >= 0.6 is 15.9 Å². The van der Waals surface area contributed by atoms with E-state index in [4.69, 9.17) is 0 Å². The molecular formula is C17H21BrN2O2. The summed E-state index contributed by atoms with van der Waals surface area (Å²) in [5.41, 5.74) is 0.668. The molecule has 1 heterocycles. The van der Waals surface area contributed by atoms with Gasteiger partial charge in [-0.25, -0.2) is 0 Å². The lowest BCUT2D eigenvalue weighted by Gasteiger charge is -2.28. The number of rotatable bonds is 2. The number of hydrogen-bond donors (Lipinski definition) is 1. The van der Waals surface area contributed by atoms with E-state index in [0.29, 0.717) is 18.7 Å². The van der Waals surface area contributed by atoms with E-state index in [1.165, 1.54) is 0 Å². The summed E-state index contributed by atoms with van der Waals surface area (Å²) in [5, 5.41) is 2.78. The average molecular weight is 365 g/mol. The molecular weight excluding hydrogens is 344 g/mol. The van der Waals surface area contributed by atoms with Crippen LogP contribution in [0.1, 0.15) is 36.0 Å². The molecule has 4 nitrogen and oxygen atoms in total. The molecule has 0 aromatic heterocycles. The van der Waals surface area contributed by atoms with Crippen LogP contribution in [0.4, 0.5) is 0 Å². The molecule has 1 saturated carbocycles. The Labute approximate surface area is 139 Å². The number of nitrogens with zero attached hydrogens (tertiary/aromatic N) is 1. The number of likely N-dealkylation sites (tertiary alicyclic amines) is 1. The lowest BCUT2D eigenvalue weighted by molar-refractivity contribution is -0.127. The molecule has 1 spiro atoms. The maximum Gasteiger partial charge on any atom is 0.253 e. The summed E-state index contributed by atoms with van der Waals surface area (Å²) < 4.78 is 0.899. The second kappa shape index (κ2) is 6.03. The number of amides is 2. The van der Waals surface area contributed by atoms with Gasteiger partial charge in [0.25, 0.3) is 5.91 Å². The van der Waals surface area contributed by atoms with Gasteiger partial charge in [0.2, 0.25) is 5.91 Å². The van der Waals surface area contributed by atoms with Gasteiger partial charge in [0, 0.05) is 35.6 Å². The molecule has 2 aliphatic rings. The van der Waals surface area contributed by atoms with Gasteiger partial charge in [0.05, 0.1) is 5.92 Å². The Bertz CT molecular complexity index is 596. The Morgan fingerprint density at radius 1 is 1.32 bits per heavy atom. The zero-order valence-corrected chi connectivity index (χ0v) is 14.4. The minimum Gasteiger partial charge on any atom is -0.359 e. The molecule has 1 atom stereocenters. The van der Waals surface area contributed by atoms with Crippen molar-refractivity contribution >= 4 is 27.7 Å². The lowest BCUT2D eigenvalue weighted by Crippen LogP contribution is -2.38. The van der Waals surface area contributed by atoms with Crippen molar-refractivity contribution in [3.63, 3.8) is 0 Å². The molecule has 1 aliphatic heterocycles. The largest absolute Gasteiger partial charge is 0.359 e. The fourth-order valence-electron chi connectivity index (χ4n) is 4.05. The van der Waals surface area contributed by atoms with Gasteiger partial charge in [-0.2, -0.15) is 0 Å². The molecule has 1 aromatic rings. The van der Waals surface area contributed by atoms with Crippen molar-refractivity contribution in [1.29, 1.82) is 0 Å². The first-order valence-corrected chi connectivity index (χ1v) is 8.61. The van der Waals surface area contributed by atoms with Crippen LogP contribution < -0.4 is 5.32 Å². The zero-order valence-electron chi connectivity index (χ0n) is 12.8. The Hall–Kier alpha value is -1.36. The Kier molecular flexibility index (Phi) is 4.26. The third-order valence-electron chi connectivity index (χ3n) is 5.17. The zero-order chi connectivity index (χ0) is 15.7. The summed E-state index contributed by atoms with van der Waals surface area (Å²) >= 11 is 3.41. The van der Waals surface area contributed by atoms with Crippen LogP contribution in [0.25, 0.3) is 0 Å². The van der Waals surface area contributed by atoms with Gasteiger partial charge in [0.15, 0.2) is 0 Å². The number of nitrogens with one attached hydrogen (secondary N) is 1. The summed E-state index contributed by atoms with van der Waals surface area (Å²) in [4.78, 5) is 26.9. The lowest BCUT2D eigenvalue weighted by atomic mass is 9.76. The van der Waals surface area contributed by atoms with E-state index < -0.39 is 0 Å². The first kappa shape index (κ1) is 15.5. The van der Waals surface area contributed by atoms with Crippen molar-refractivity contribution in [2.75, 3.05) is 20.1 Å². The molecule has 2 amide bonds. The van der Waals surface area contributed by atoms with E-state index in [-0.39, 0.29) is 23.1 Å². The molecule has 1 aromatic carbocycles. The molecule has 2 fully saturated rings. The third-order valence-corrected chi connectivity index (χ3v) is 5.66. The number of carbonyl (C=O) groups is 2. The first-order valence-electron chi connectivity index (χ1n) is 7.82. The molecule has 0 bridgehead atoms. The van der Waals surface area contributed by atoms with Crippen molar-refractivity contribution < 1.29 is 9.59 Å². The van der Waals surface area contributed by atoms with E-state index >= 15 is 0 Å². The quantitative estimate of drug-likeness (QED) is 0.876. The standard InChI is InChI=1S/C17H21BrN2O2/c1-19-15(21)14-10-20(11-17(14)7-2-3-8-17)16(22)12-5-4-6-13(18)9-12/h4-6,9,14H,2-3,7-8,10-11H2,1H3,(H,19,21)/t14-/m0/s1. The normalized spacial score (nSPS) is 23.0. The number of benzene rings is 1. The summed E-state index contributed by atoms with van der Waals surface area (Å²) in [6.45, 7) is 1.24. The topological polar surface area (TPSA) is 49.4 Å². The molecule has 0 radical (unpaired) electrons. The number of halogens is 1. The van der Waals surface area contributed by atoms with Gasteiger partial charge in [-0.3, -0.25) is 9.59 Å². The smallest absolute Gasteiger partial charge is 0.253 e.